The molecule has 0 atom stereocenters. The third-order valence-electron chi connectivity index (χ3n) is 2.62. The highest BCUT2D eigenvalue weighted by Gasteiger charge is 2.10. The molecule has 0 aliphatic carbocycles. The Morgan fingerprint density at radius 1 is 1.15 bits per heavy atom. The number of hydrogen-bond donors (Lipinski definition) is 0. The van der Waals surface area contributed by atoms with Crippen LogP contribution in [0.25, 0.3) is 0 Å². The van der Waals surface area contributed by atoms with Crippen LogP contribution in [-0.2, 0) is 6.61 Å². The Kier molecular flexibility index (Phi) is 4.42. The fourth-order valence-electron chi connectivity index (χ4n) is 1.65. The lowest BCUT2D eigenvalue weighted by Gasteiger charge is -2.08. The lowest BCUT2D eigenvalue weighted by atomic mass is 10.2. The van der Waals surface area contributed by atoms with Gasteiger partial charge in [-0.25, -0.2) is 0 Å². The van der Waals surface area contributed by atoms with Gasteiger partial charge in [0.2, 0.25) is 0 Å². The summed E-state index contributed by atoms with van der Waals surface area (Å²) >= 11 is 5.78. The molecule has 0 aromatic heterocycles. The van der Waals surface area contributed by atoms with Crippen molar-refractivity contribution in [2.24, 2.45) is 0 Å². The predicted molar refractivity (Wildman–Crippen MR) is 75.4 cm³/mol. The van der Waals surface area contributed by atoms with Crippen molar-refractivity contribution in [3.8, 4) is 11.5 Å². The second-order valence-electron chi connectivity index (χ2n) is 4.04. The minimum Gasteiger partial charge on any atom is -0.496 e. The highest BCUT2D eigenvalue weighted by atomic mass is 35.5. The molecule has 0 fully saturated rings. The van der Waals surface area contributed by atoms with Gasteiger partial charge < -0.3 is 9.47 Å². The Labute approximate surface area is 120 Å². The van der Waals surface area contributed by atoms with Crippen molar-refractivity contribution in [3.05, 3.63) is 63.2 Å². The van der Waals surface area contributed by atoms with Crippen molar-refractivity contribution >= 4 is 17.3 Å². The molecule has 0 amide bonds. The summed E-state index contributed by atoms with van der Waals surface area (Å²) in [5.41, 5.74) is 0.630. The van der Waals surface area contributed by atoms with Gasteiger partial charge in [0.05, 0.1) is 18.1 Å². The van der Waals surface area contributed by atoms with Crippen LogP contribution in [0, 0.1) is 10.1 Å². The fraction of sp³-hybridized carbons (Fsp3) is 0.143. The average molecular weight is 294 g/mol. The Hall–Kier alpha value is -2.27. The maximum Gasteiger partial charge on any atom is 0.273 e. The summed E-state index contributed by atoms with van der Waals surface area (Å²) < 4.78 is 10.6. The Balaban J connectivity index is 2.14. The number of nitro benzene ring substituents is 1. The minimum atomic E-state index is -0.464. The lowest BCUT2D eigenvalue weighted by molar-refractivity contribution is -0.385. The number of hydrogen-bond acceptors (Lipinski definition) is 4. The molecule has 0 saturated heterocycles. The molecule has 0 heterocycles. The molecule has 5 nitrogen and oxygen atoms in total. The van der Waals surface area contributed by atoms with Gasteiger partial charge in [-0.2, -0.15) is 0 Å². The normalized spacial score (nSPS) is 10.1. The molecule has 0 unspecified atom stereocenters. The largest absolute Gasteiger partial charge is 0.496 e. The van der Waals surface area contributed by atoms with Crippen LogP contribution >= 0.6 is 11.6 Å². The molecule has 0 spiro atoms. The molecule has 6 heteroatoms. The monoisotopic (exact) mass is 293 g/mol. The number of methoxy groups -OCH3 is 1. The van der Waals surface area contributed by atoms with Crippen LogP contribution < -0.4 is 9.47 Å². The zero-order valence-electron chi connectivity index (χ0n) is 10.7. The molecule has 2 aromatic rings. The summed E-state index contributed by atoms with van der Waals surface area (Å²) in [6, 6.07) is 11.4. The molecule has 0 N–H and O–H groups in total. The van der Waals surface area contributed by atoms with E-state index in [1.54, 1.807) is 30.3 Å². The van der Waals surface area contributed by atoms with Gasteiger partial charge in [0, 0.05) is 11.1 Å². The van der Waals surface area contributed by atoms with Gasteiger partial charge in [-0.15, -0.1) is 0 Å². The van der Waals surface area contributed by atoms with Crippen molar-refractivity contribution in [1.82, 2.24) is 0 Å². The molecular formula is C14H12ClNO4. The van der Waals surface area contributed by atoms with Gasteiger partial charge in [-0.05, 0) is 35.9 Å². The van der Waals surface area contributed by atoms with Crippen LogP contribution in [0.2, 0.25) is 5.02 Å². The standard InChI is InChI=1S/C14H12ClNO4/c1-19-14-7-10(6-12(8-14)16(17)18)9-20-13-4-2-11(15)3-5-13/h2-8H,9H2,1H3. The maximum absolute atomic E-state index is 10.8. The first-order chi connectivity index (χ1) is 9.58. The third kappa shape index (κ3) is 3.61. The molecular weight excluding hydrogens is 282 g/mol. The van der Waals surface area contributed by atoms with E-state index in [4.69, 9.17) is 21.1 Å². The average Bonchev–Trinajstić information content (AvgIpc) is 2.46. The minimum absolute atomic E-state index is 0.0287. The van der Waals surface area contributed by atoms with E-state index in [2.05, 4.69) is 0 Å². The van der Waals surface area contributed by atoms with E-state index in [1.165, 1.54) is 19.2 Å². The Bertz CT molecular complexity index is 613. The third-order valence-corrected chi connectivity index (χ3v) is 2.87. The van der Waals surface area contributed by atoms with Gasteiger partial charge >= 0.3 is 0 Å². The van der Waals surface area contributed by atoms with Gasteiger partial charge in [0.15, 0.2) is 0 Å². The molecule has 104 valence electrons. The second kappa shape index (κ2) is 6.25. The molecule has 0 saturated carbocycles. The van der Waals surface area contributed by atoms with E-state index in [0.717, 1.165) is 0 Å². The Morgan fingerprint density at radius 3 is 2.45 bits per heavy atom. The quantitative estimate of drug-likeness (QED) is 0.621. The lowest BCUT2D eigenvalue weighted by Crippen LogP contribution is -1.98. The first kappa shape index (κ1) is 14.1. The number of ether oxygens (including phenoxy) is 2. The summed E-state index contributed by atoms with van der Waals surface area (Å²) in [5, 5.41) is 11.4. The number of nitrogens with zero attached hydrogens (tertiary/aromatic N) is 1. The maximum atomic E-state index is 10.8. The van der Waals surface area contributed by atoms with E-state index in [0.29, 0.717) is 22.1 Å². The summed E-state index contributed by atoms with van der Waals surface area (Å²) in [6.07, 6.45) is 0. The van der Waals surface area contributed by atoms with Crippen molar-refractivity contribution in [2.45, 2.75) is 6.61 Å². The van der Waals surface area contributed by atoms with Crippen molar-refractivity contribution in [3.63, 3.8) is 0 Å². The summed E-state index contributed by atoms with van der Waals surface area (Å²) in [5.74, 6) is 1.06. The Morgan fingerprint density at radius 2 is 1.85 bits per heavy atom. The second-order valence-corrected chi connectivity index (χ2v) is 4.48. The molecule has 2 aromatic carbocycles. The first-order valence-electron chi connectivity index (χ1n) is 5.79. The predicted octanol–water partition coefficient (Wildman–Crippen LogP) is 3.84. The molecule has 2 rings (SSSR count). The van der Waals surface area contributed by atoms with Gasteiger partial charge in [0.25, 0.3) is 5.69 Å². The summed E-state index contributed by atoms with van der Waals surface area (Å²) in [4.78, 5) is 10.4. The highest BCUT2D eigenvalue weighted by Crippen LogP contribution is 2.24. The van der Waals surface area contributed by atoms with Gasteiger partial charge in [0.1, 0.15) is 18.1 Å². The van der Waals surface area contributed by atoms with Gasteiger partial charge in [-0.1, -0.05) is 11.6 Å². The number of nitro groups is 1. The molecule has 0 aliphatic heterocycles. The van der Waals surface area contributed by atoms with Crippen molar-refractivity contribution in [1.29, 1.82) is 0 Å². The smallest absolute Gasteiger partial charge is 0.273 e. The number of non-ortho nitro benzene ring substituents is 1. The van der Waals surface area contributed by atoms with Gasteiger partial charge in [-0.3, -0.25) is 10.1 Å². The number of rotatable bonds is 5. The van der Waals surface area contributed by atoms with E-state index >= 15 is 0 Å². The van der Waals surface area contributed by atoms with E-state index in [1.807, 2.05) is 0 Å². The number of halogens is 1. The van der Waals surface area contributed by atoms with Crippen LogP contribution in [0.4, 0.5) is 5.69 Å². The van der Waals surface area contributed by atoms with E-state index in [9.17, 15) is 10.1 Å². The SMILES string of the molecule is COc1cc(COc2ccc(Cl)cc2)cc([N+](=O)[O-])c1. The molecule has 0 bridgehead atoms. The van der Waals surface area contributed by atoms with E-state index in [-0.39, 0.29) is 12.3 Å². The summed E-state index contributed by atoms with van der Waals surface area (Å²) in [6.45, 7) is 0.208. The molecule has 0 aliphatic rings. The molecule has 0 radical (unpaired) electrons. The van der Waals surface area contributed by atoms with Crippen LogP contribution in [0.1, 0.15) is 5.56 Å². The zero-order valence-corrected chi connectivity index (χ0v) is 11.5. The van der Waals surface area contributed by atoms with Crippen molar-refractivity contribution in [2.75, 3.05) is 7.11 Å². The fourth-order valence-corrected chi connectivity index (χ4v) is 1.77. The zero-order chi connectivity index (χ0) is 14.5. The molecule has 20 heavy (non-hydrogen) atoms. The van der Waals surface area contributed by atoms with E-state index < -0.39 is 4.92 Å². The van der Waals surface area contributed by atoms with Crippen LogP contribution in [-0.4, -0.2) is 12.0 Å². The topological polar surface area (TPSA) is 61.6 Å². The van der Waals surface area contributed by atoms with Crippen LogP contribution in [0.15, 0.2) is 42.5 Å². The van der Waals surface area contributed by atoms with Crippen LogP contribution in [0.3, 0.4) is 0 Å². The highest BCUT2D eigenvalue weighted by molar-refractivity contribution is 6.30. The number of benzene rings is 2. The van der Waals surface area contributed by atoms with Crippen molar-refractivity contribution < 1.29 is 14.4 Å². The van der Waals surface area contributed by atoms with Crippen LogP contribution in [0.5, 0.6) is 11.5 Å². The first-order valence-corrected chi connectivity index (χ1v) is 6.17. The summed E-state index contributed by atoms with van der Waals surface area (Å²) in [7, 11) is 1.46.